The molecular formula is C8H12N2O. The summed E-state index contributed by atoms with van der Waals surface area (Å²) in [5.74, 6) is 0.829. The fourth-order valence-corrected chi connectivity index (χ4v) is 0.956. The zero-order chi connectivity index (χ0) is 8.27. The molecule has 11 heavy (non-hydrogen) atoms. The molecule has 0 unspecified atom stereocenters. The molecule has 0 amide bonds. The summed E-state index contributed by atoms with van der Waals surface area (Å²) in [5.41, 5.74) is 0.859. The van der Waals surface area contributed by atoms with E-state index >= 15 is 0 Å². The molecule has 0 aliphatic rings. The van der Waals surface area contributed by atoms with Crippen LogP contribution in [0.25, 0.3) is 0 Å². The number of aliphatic hydroxyl groups is 1. The maximum atomic E-state index is 8.90. The van der Waals surface area contributed by atoms with Crippen LogP contribution in [-0.2, 0) is 6.61 Å². The summed E-state index contributed by atoms with van der Waals surface area (Å²) >= 11 is 0. The van der Waals surface area contributed by atoms with Gasteiger partial charge in [-0.15, -0.1) is 0 Å². The first kappa shape index (κ1) is 8.01. The molecule has 0 aliphatic heterocycles. The van der Waals surface area contributed by atoms with Crippen molar-refractivity contribution in [2.45, 2.75) is 6.61 Å². The third-order valence-electron chi connectivity index (χ3n) is 1.46. The maximum absolute atomic E-state index is 8.90. The summed E-state index contributed by atoms with van der Waals surface area (Å²) in [6.45, 7) is 0.0430. The van der Waals surface area contributed by atoms with Crippen LogP contribution in [0.4, 0.5) is 5.82 Å². The molecule has 0 fully saturated rings. The minimum Gasteiger partial charge on any atom is -0.392 e. The van der Waals surface area contributed by atoms with E-state index in [1.165, 1.54) is 0 Å². The number of aliphatic hydroxyl groups excluding tert-OH is 1. The molecule has 1 aromatic rings. The number of hydrogen-bond acceptors (Lipinski definition) is 3. The van der Waals surface area contributed by atoms with Crippen molar-refractivity contribution in [1.82, 2.24) is 4.98 Å². The normalized spacial score (nSPS) is 9.73. The van der Waals surface area contributed by atoms with E-state index in [0.29, 0.717) is 0 Å². The van der Waals surface area contributed by atoms with Crippen molar-refractivity contribution in [2.75, 3.05) is 19.0 Å². The summed E-state index contributed by atoms with van der Waals surface area (Å²) < 4.78 is 0. The maximum Gasteiger partial charge on any atom is 0.133 e. The van der Waals surface area contributed by atoms with Crippen LogP contribution in [0.2, 0.25) is 0 Å². The van der Waals surface area contributed by atoms with E-state index in [2.05, 4.69) is 4.98 Å². The predicted molar refractivity (Wildman–Crippen MR) is 44.5 cm³/mol. The minimum atomic E-state index is 0.0430. The van der Waals surface area contributed by atoms with Gasteiger partial charge >= 0.3 is 0 Å². The van der Waals surface area contributed by atoms with Crippen molar-refractivity contribution < 1.29 is 5.11 Å². The smallest absolute Gasteiger partial charge is 0.133 e. The molecule has 0 spiro atoms. The summed E-state index contributed by atoms with van der Waals surface area (Å²) in [6, 6.07) is 3.68. The third kappa shape index (κ3) is 1.68. The van der Waals surface area contributed by atoms with Crippen molar-refractivity contribution in [2.24, 2.45) is 0 Å². The van der Waals surface area contributed by atoms with E-state index in [0.717, 1.165) is 11.4 Å². The Kier molecular flexibility index (Phi) is 2.44. The molecule has 3 heteroatoms. The van der Waals surface area contributed by atoms with Gasteiger partial charge < -0.3 is 10.0 Å². The van der Waals surface area contributed by atoms with E-state index in [9.17, 15) is 0 Å². The van der Waals surface area contributed by atoms with Gasteiger partial charge in [0.1, 0.15) is 5.82 Å². The van der Waals surface area contributed by atoms with E-state index in [1.807, 2.05) is 31.1 Å². The van der Waals surface area contributed by atoms with Crippen molar-refractivity contribution in [1.29, 1.82) is 0 Å². The van der Waals surface area contributed by atoms with Gasteiger partial charge in [0, 0.05) is 25.9 Å². The molecule has 0 aliphatic carbocycles. The van der Waals surface area contributed by atoms with Crippen LogP contribution in [-0.4, -0.2) is 24.2 Å². The molecular weight excluding hydrogens is 140 g/mol. The van der Waals surface area contributed by atoms with Gasteiger partial charge in [0.05, 0.1) is 6.61 Å². The lowest BCUT2D eigenvalue weighted by atomic mass is 10.2. The van der Waals surface area contributed by atoms with Crippen LogP contribution >= 0.6 is 0 Å². The highest BCUT2D eigenvalue weighted by Crippen LogP contribution is 2.13. The van der Waals surface area contributed by atoms with E-state index < -0.39 is 0 Å². The zero-order valence-electron chi connectivity index (χ0n) is 6.78. The first-order valence-electron chi connectivity index (χ1n) is 3.47. The van der Waals surface area contributed by atoms with Gasteiger partial charge in [-0.25, -0.2) is 4.98 Å². The van der Waals surface area contributed by atoms with Gasteiger partial charge in [-0.3, -0.25) is 0 Å². The second-order valence-corrected chi connectivity index (χ2v) is 2.54. The first-order valence-corrected chi connectivity index (χ1v) is 3.47. The fourth-order valence-electron chi connectivity index (χ4n) is 0.956. The first-order chi connectivity index (χ1) is 5.25. The molecule has 60 valence electrons. The topological polar surface area (TPSA) is 36.4 Å². The van der Waals surface area contributed by atoms with Crippen LogP contribution in [0.1, 0.15) is 5.56 Å². The molecule has 0 aromatic carbocycles. The third-order valence-corrected chi connectivity index (χ3v) is 1.46. The highest BCUT2D eigenvalue weighted by molar-refractivity contribution is 5.44. The molecule has 0 saturated heterocycles. The standard InChI is InChI=1S/C8H12N2O/c1-10(2)8-7(6-11)4-3-5-9-8/h3-5,11H,6H2,1-2H3. The van der Waals surface area contributed by atoms with Gasteiger partial charge in [0.2, 0.25) is 0 Å². The quantitative estimate of drug-likeness (QED) is 0.675. The lowest BCUT2D eigenvalue weighted by Gasteiger charge is -2.13. The highest BCUT2D eigenvalue weighted by atomic mass is 16.3. The van der Waals surface area contributed by atoms with Crippen LogP contribution in [0.15, 0.2) is 18.3 Å². The van der Waals surface area contributed by atoms with Crippen molar-refractivity contribution >= 4 is 5.82 Å². The Balaban J connectivity index is 3.02. The Morgan fingerprint density at radius 3 is 2.73 bits per heavy atom. The number of rotatable bonds is 2. The van der Waals surface area contributed by atoms with Crippen molar-refractivity contribution in [3.63, 3.8) is 0 Å². The molecule has 1 rings (SSSR count). The number of pyridine rings is 1. The Bertz CT molecular complexity index is 235. The lowest BCUT2D eigenvalue weighted by molar-refractivity contribution is 0.282. The molecule has 3 nitrogen and oxygen atoms in total. The van der Waals surface area contributed by atoms with Gasteiger partial charge in [0.15, 0.2) is 0 Å². The summed E-state index contributed by atoms with van der Waals surface area (Å²) in [5, 5.41) is 8.90. The van der Waals surface area contributed by atoms with Gasteiger partial charge in [0.25, 0.3) is 0 Å². The average Bonchev–Trinajstić information content (AvgIpc) is 2.04. The Hall–Kier alpha value is -1.09. The molecule has 1 heterocycles. The van der Waals surface area contributed by atoms with Crippen LogP contribution in [0.5, 0.6) is 0 Å². The molecule has 0 atom stereocenters. The molecule has 0 saturated carbocycles. The lowest BCUT2D eigenvalue weighted by Crippen LogP contribution is -2.12. The van der Waals surface area contributed by atoms with Crippen molar-refractivity contribution in [3.8, 4) is 0 Å². The molecule has 1 N–H and O–H groups in total. The fraction of sp³-hybridized carbons (Fsp3) is 0.375. The molecule has 0 radical (unpaired) electrons. The van der Waals surface area contributed by atoms with Crippen LogP contribution in [0.3, 0.4) is 0 Å². The average molecular weight is 152 g/mol. The van der Waals surface area contributed by atoms with Gasteiger partial charge in [-0.1, -0.05) is 6.07 Å². The monoisotopic (exact) mass is 152 g/mol. The van der Waals surface area contributed by atoms with E-state index in [1.54, 1.807) is 6.20 Å². The largest absolute Gasteiger partial charge is 0.392 e. The number of anilines is 1. The Labute approximate surface area is 66.3 Å². The van der Waals surface area contributed by atoms with Crippen LogP contribution < -0.4 is 4.90 Å². The molecule has 1 aromatic heterocycles. The van der Waals surface area contributed by atoms with E-state index in [-0.39, 0.29) is 6.61 Å². The van der Waals surface area contributed by atoms with Crippen LogP contribution in [0, 0.1) is 0 Å². The Morgan fingerprint density at radius 2 is 2.27 bits per heavy atom. The van der Waals surface area contributed by atoms with Gasteiger partial charge in [-0.05, 0) is 6.07 Å². The van der Waals surface area contributed by atoms with E-state index in [4.69, 9.17) is 5.11 Å². The second-order valence-electron chi connectivity index (χ2n) is 2.54. The Morgan fingerprint density at radius 1 is 1.55 bits per heavy atom. The van der Waals surface area contributed by atoms with Gasteiger partial charge in [-0.2, -0.15) is 0 Å². The van der Waals surface area contributed by atoms with Crippen molar-refractivity contribution in [3.05, 3.63) is 23.9 Å². The number of aromatic nitrogens is 1. The summed E-state index contributed by atoms with van der Waals surface area (Å²) in [7, 11) is 3.81. The minimum absolute atomic E-state index is 0.0430. The summed E-state index contributed by atoms with van der Waals surface area (Å²) in [4.78, 5) is 6.00. The number of nitrogens with zero attached hydrogens (tertiary/aromatic N) is 2. The second kappa shape index (κ2) is 3.34. The molecule has 0 bridgehead atoms. The predicted octanol–water partition coefficient (Wildman–Crippen LogP) is 0.640. The SMILES string of the molecule is CN(C)c1ncccc1CO. The zero-order valence-corrected chi connectivity index (χ0v) is 6.78. The summed E-state index contributed by atoms with van der Waals surface area (Å²) in [6.07, 6.45) is 1.72. The highest BCUT2D eigenvalue weighted by Gasteiger charge is 2.01. The number of hydrogen-bond donors (Lipinski definition) is 1.